The second-order valence-corrected chi connectivity index (χ2v) is 8.08. The van der Waals surface area contributed by atoms with Crippen LogP contribution in [0.5, 0.6) is 5.75 Å². The largest absolute Gasteiger partial charge is 0.483 e. The van der Waals surface area contributed by atoms with Crippen molar-refractivity contribution in [3.63, 3.8) is 0 Å². The van der Waals surface area contributed by atoms with Gasteiger partial charge in [0.2, 0.25) is 0 Å². The summed E-state index contributed by atoms with van der Waals surface area (Å²) < 4.78 is 5.70. The quantitative estimate of drug-likeness (QED) is 0.841. The first-order valence-corrected chi connectivity index (χ1v) is 9.61. The minimum absolute atomic E-state index is 0.108. The number of rotatable bonds is 5. The number of amides is 2. The summed E-state index contributed by atoms with van der Waals surface area (Å²) in [6.07, 6.45) is 2.79. The number of hydrogen-bond donors (Lipinski definition) is 2. The minimum atomic E-state index is -0.483. The molecule has 1 aliphatic rings. The number of nitrogens with two attached hydrogens (primary N) is 1. The molecule has 0 saturated heterocycles. The summed E-state index contributed by atoms with van der Waals surface area (Å²) in [5, 5.41) is 3.37. The fraction of sp³-hybridized carbons (Fsp3) is 0.400. The van der Waals surface area contributed by atoms with Crippen LogP contribution in [0.3, 0.4) is 0 Å². The SMILES string of the molecule is Cc1cccc(C)c1OCC(=O)Nc1sc2c(c1C(N)=O)CCC(C)C2. The third-order valence-corrected chi connectivity index (χ3v) is 5.94. The van der Waals surface area contributed by atoms with E-state index in [0.717, 1.165) is 46.6 Å². The Hall–Kier alpha value is -2.34. The number of para-hydroxylation sites is 1. The lowest BCUT2D eigenvalue weighted by molar-refractivity contribution is -0.118. The number of hydrogen-bond acceptors (Lipinski definition) is 4. The van der Waals surface area contributed by atoms with Gasteiger partial charge in [0, 0.05) is 4.88 Å². The van der Waals surface area contributed by atoms with Crippen molar-refractivity contribution >= 4 is 28.2 Å². The first-order chi connectivity index (χ1) is 12.4. The molecule has 0 bridgehead atoms. The molecule has 3 N–H and O–H groups in total. The molecule has 0 aliphatic heterocycles. The maximum Gasteiger partial charge on any atom is 0.262 e. The zero-order valence-corrected chi connectivity index (χ0v) is 16.2. The van der Waals surface area contributed by atoms with Crippen LogP contribution in [-0.4, -0.2) is 18.4 Å². The molecule has 0 saturated carbocycles. The molecule has 1 aromatic heterocycles. The van der Waals surface area contributed by atoms with E-state index in [2.05, 4.69) is 12.2 Å². The maximum absolute atomic E-state index is 12.4. The number of carbonyl (C=O) groups excluding carboxylic acids is 2. The van der Waals surface area contributed by atoms with Gasteiger partial charge in [0.15, 0.2) is 6.61 Å². The molecule has 6 heteroatoms. The minimum Gasteiger partial charge on any atom is -0.483 e. The second kappa shape index (κ2) is 7.50. The first kappa shape index (κ1) is 18.5. The Balaban J connectivity index is 1.74. The zero-order chi connectivity index (χ0) is 18.8. The summed E-state index contributed by atoms with van der Waals surface area (Å²) in [4.78, 5) is 25.5. The van der Waals surface area contributed by atoms with Gasteiger partial charge in [0.05, 0.1) is 5.56 Å². The molecule has 1 unspecified atom stereocenters. The Bertz CT molecular complexity index is 837. The van der Waals surface area contributed by atoms with Gasteiger partial charge in [-0.05, 0) is 55.7 Å². The van der Waals surface area contributed by atoms with Gasteiger partial charge in [0.25, 0.3) is 11.8 Å². The number of ether oxygens (including phenoxy) is 1. The van der Waals surface area contributed by atoms with E-state index in [-0.39, 0.29) is 12.5 Å². The predicted molar refractivity (Wildman–Crippen MR) is 104 cm³/mol. The van der Waals surface area contributed by atoms with Crippen molar-refractivity contribution in [2.75, 3.05) is 11.9 Å². The summed E-state index contributed by atoms with van der Waals surface area (Å²) >= 11 is 1.46. The highest BCUT2D eigenvalue weighted by atomic mass is 32.1. The van der Waals surface area contributed by atoms with E-state index in [1.807, 2.05) is 32.0 Å². The monoisotopic (exact) mass is 372 g/mol. The normalized spacial score (nSPS) is 16.0. The van der Waals surface area contributed by atoms with Crippen LogP contribution in [0.1, 0.15) is 45.3 Å². The van der Waals surface area contributed by atoms with Crippen LogP contribution in [0, 0.1) is 19.8 Å². The topological polar surface area (TPSA) is 81.4 Å². The zero-order valence-electron chi connectivity index (χ0n) is 15.3. The molecule has 1 aliphatic carbocycles. The number of carbonyl (C=O) groups is 2. The highest BCUT2D eigenvalue weighted by molar-refractivity contribution is 7.17. The Morgan fingerprint density at radius 3 is 2.65 bits per heavy atom. The van der Waals surface area contributed by atoms with Crippen LogP contribution >= 0.6 is 11.3 Å². The molecule has 3 rings (SSSR count). The van der Waals surface area contributed by atoms with E-state index in [4.69, 9.17) is 10.5 Å². The second-order valence-electron chi connectivity index (χ2n) is 6.98. The number of primary amides is 1. The number of aryl methyl sites for hydroxylation is 2. The Morgan fingerprint density at radius 1 is 1.31 bits per heavy atom. The van der Waals surface area contributed by atoms with Crippen molar-refractivity contribution < 1.29 is 14.3 Å². The molecule has 2 aromatic rings. The first-order valence-electron chi connectivity index (χ1n) is 8.80. The summed E-state index contributed by atoms with van der Waals surface area (Å²) in [5.41, 5.74) is 9.02. The molecule has 138 valence electrons. The van der Waals surface area contributed by atoms with Gasteiger partial charge >= 0.3 is 0 Å². The summed E-state index contributed by atoms with van der Waals surface area (Å²) in [6.45, 7) is 5.98. The van der Waals surface area contributed by atoms with E-state index < -0.39 is 5.91 Å². The summed E-state index contributed by atoms with van der Waals surface area (Å²) in [6, 6.07) is 5.84. The van der Waals surface area contributed by atoms with Gasteiger partial charge in [-0.1, -0.05) is 25.1 Å². The van der Waals surface area contributed by atoms with E-state index in [1.165, 1.54) is 11.3 Å². The fourth-order valence-corrected chi connectivity index (χ4v) is 4.86. The number of nitrogens with one attached hydrogen (secondary N) is 1. The lowest BCUT2D eigenvalue weighted by Crippen LogP contribution is -2.23. The molecular formula is C20H24N2O3S. The number of thiophene rings is 1. The highest BCUT2D eigenvalue weighted by Gasteiger charge is 2.27. The summed E-state index contributed by atoms with van der Waals surface area (Å²) in [7, 11) is 0. The third kappa shape index (κ3) is 3.75. The predicted octanol–water partition coefficient (Wildman–Crippen LogP) is 3.61. The molecule has 5 nitrogen and oxygen atoms in total. The molecule has 1 atom stereocenters. The number of benzene rings is 1. The van der Waals surface area contributed by atoms with E-state index in [9.17, 15) is 9.59 Å². The van der Waals surface area contributed by atoms with Gasteiger partial charge < -0.3 is 15.8 Å². The fourth-order valence-electron chi connectivity index (χ4n) is 3.43. The van der Waals surface area contributed by atoms with Crippen LogP contribution in [0.2, 0.25) is 0 Å². The van der Waals surface area contributed by atoms with Crippen LogP contribution in [0.15, 0.2) is 18.2 Å². The molecule has 26 heavy (non-hydrogen) atoms. The van der Waals surface area contributed by atoms with Crippen molar-refractivity contribution in [2.45, 2.75) is 40.0 Å². The Labute approximate surface area is 157 Å². The van der Waals surface area contributed by atoms with Gasteiger partial charge in [0.1, 0.15) is 10.8 Å². The molecule has 1 aromatic carbocycles. The number of anilines is 1. The molecule has 1 heterocycles. The van der Waals surface area contributed by atoms with E-state index in [0.29, 0.717) is 16.5 Å². The Kier molecular flexibility index (Phi) is 5.32. The van der Waals surface area contributed by atoms with Crippen molar-refractivity contribution in [1.29, 1.82) is 0 Å². The average Bonchev–Trinajstić information content (AvgIpc) is 2.91. The van der Waals surface area contributed by atoms with Gasteiger partial charge in [-0.2, -0.15) is 0 Å². The van der Waals surface area contributed by atoms with Gasteiger partial charge in [-0.15, -0.1) is 11.3 Å². The van der Waals surface area contributed by atoms with Crippen LogP contribution < -0.4 is 15.8 Å². The van der Waals surface area contributed by atoms with Crippen LogP contribution in [0.25, 0.3) is 0 Å². The van der Waals surface area contributed by atoms with E-state index in [1.54, 1.807) is 0 Å². The van der Waals surface area contributed by atoms with Gasteiger partial charge in [-0.25, -0.2) is 0 Å². The third-order valence-electron chi connectivity index (χ3n) is 4.77. The maximum atomic E-state index is 12.4. The lowest BCUT2D eigenvalue weighted by atomic mass is 9.88. The van der Waals surface area contributed by atoms with Crippen LogP contribution in [-0.2, 0) is 17.6 Å². The van der Waals surface area contributed by atoms with Crippen molar-refractivity contribution in [2.24, 2.45) is 11.7 Å². The smallest absolute Gasteiger partial charge is 0.262 e. The molecule has 0 spiro atoms. The van der Waals surface area contributed by atoms with Crippen molar-refractivity contribution in [3.8, 4) is 5.75 Å². The standard InChI is InChI=1S/C20H24N2O3S/c1-11-7-8-14-15(9-11)26-20(17(14)19(21)24)22-16(23)10-25-18-12(2)5-4-6-13(18)3/h4-6,11H,7-10H2,1-3H3,(H2,21,24)(H,22,23). The van der Waals surface area contributed by atoms with E-state index >= 15 is 0 Å². The summed E-state index contributed by atoms with van der Waals surface area (Å²) in [5.74, 6) is 0.527. The molecule has 0 fully saturated rings. The Morgan fingerprint density at radius 2 is 2.00 bits per heavy atom. The molecular weight excluding hydrogens is 348 g/mol. The lowest BCUT2D eigenvalue weighted by Gasteiger charge is -2.18. The van der Waals surface area contributed by atoms with Crippen molar-refractivity contribution in [3.05, 3.63) is 45.3 Å². The average molecular weight is 372 g/mol. The van der Waals surface area contributed by atoms with Gasteiger partial charge in [-0.3, -0.25) is 9.59 Å². The molecule has 0 radical (unpaired) electrons. The number of fused-ring (bicyclic) bond motifs is 1. The van der Waals surface area contributed by atoms with Crippen molar-refractivity contribution in [1.82, 2.24) is 0 Å². The van der Waals surface area contributed by atoms with Crippen LogP contribution in [0.4, 0.5) is 5.00 Å². The molecule has 2 amide bonds. The highest BCUT2D eigenvalue weighted by Crippen LogP contribution is 2.39.